The van der Waals surface area contributed by atoms with Crippen molar-refractivity contribution in [2.24, 2.45) is 11.8 Å². The van der Waals surface area contributed by atoms with Gasteiger partial charge in [0.2, 0.25) is 0 Å². The van der Waals surface area contributed by atoms with E-state index in [1.807, 2.05) is 7.05 Å². The zero-order chi connectivity index (χ0) is 13.0. The van der Waals surface area contributed by atoms with E-state index in [0.29, 0.717) is 0 Å². The van der Waals surface area contributed by atoms with Crippen molar-refractivity contribution in [2.45, 2.75) is 33.2 Å². The van der Waals surface area contributed by atoms with E-state index in [-0.39, 0.29) is 0 Å². The highest BCUT2D eigenvalue weighted by Gasteiger charge is 2.22. The van der Waals surface area contributed by atoms with Crippen molar-refractivity contribution in [3.05, 3.63) is 23.9 Å². The lowest BCUT2D eigenvalue weighted by Crippen LogP contribution is -2.35. The Morgan fingerprint density at radius 3 is 2.67 bits per heavy atom. The molecule has 2 rings (SSSR count). The van der Waals surface area contributed by atoms with Crippen molar-refractivity contribution < 1.29 is 0 Å². The van der Waals surface area contributed by atoms with Gasteiger partial charge in [0.1, 0.15) is 5.82 Å². The van der Waals surface area contributed by atoms with Crippen LogP contribution in [0.1, 0.15) is 32.4 Å². The second-order valence-electron chi connectivity index (χ2n) is 5.59. The summed E-state index contributed by atoms with van der Waals surface area (Å²) in [6.07, 6.45) is 2.60. The minimum absolute atomic E-state index is 0.815. The summed E-state index contributed by atoms with van der Waals surface area (Å²) < 4.78 is 0. The first kappa shape index (κ1) is 13.3. The van der Waals surface area contributed by atoms with Gasteiger partial charge in [0.15, 0.2) is 0 Å². The quantitative estimate of drug-likeness (QED) is 0.886. The van der Waals surface area contributed by atoms with E-state index in [0.717, 1.165) is 43.0 Å². The van der Waals surface area contributed by atoms with Crippen molar-refractivity contribution in [3.63, 3.8) is 0 Å². The fraction of sp³-hybridized carbons (Fsp3) is 0.667. The van der Waals surface area contributed by atoms with Gasteiger partial charge in [0.25, 0.3) is 0 Å². The lowest BCUT2D eigenvalue weighted by molar-refractivity contribution is 0.310. The third-order valence-corrected chi connectivity index (χ3v) is 3.96. The molecular weight excluding hydrogens is 222 g/mol. The Balaban J connectivity index is 1.98. The number of hydrogen-bond donors (Lipinski definition) is 1. The average molecular weight is 247 g/mol. The van der Waals surface area contributed by atoms with Crippen molar-refractivity contribution in [2.75, 3.05) is 25.0 Å². The third-order valence-electron chi connectivity index (χ3n) is 3.96. The minimum Gasteiger partial charge on any atom is -0.357 e. The molecule has 0 unspecified atom stereocenters. The summed E-state index contributed by atoms with van der Waals surface area (Å²) in [5.74, 6) is 2.85. The highest BCUT2D eigenvalue weighted by molar-refractivity contribution is 5.39. The van der Waals surface area contributed by atoms with E-state index >= 15 is 0 Å². The SMILES string of the molecule is CNCc1cccc(N2CCC(C(C)C)CC2)n1. The Morgan fingerprint density at radius 2 is 2.06 bits per heavy atom. The van der Waals surface area contributed by atoms with Crippen LogP contribution in [-0.4, -0.2) is 25.1 Å². The fourth-order valence-corrected chi connectivity index (χ4v) is 2.72. The van der Waals surface area contributed by atoms with Gasteiger partial charge in [-0.25, -0.2) is 4.98 Å². The summed E-state index contributed by atoms with van der Waals surface area (Å²) in [5.41, 5.74) is 1.13. The van der Waals surface area contributed by atoms with Crippen molar-refractivity contribution in [1.29, 1.82) is 0 Å². The van der Waals surface area contributed by atoms with Crippen LogP contribution in [0.2, 0.25) is 0 Å². The van der Waals surface area contributed by atoms with Crippen LogP contribution in [0.15, 0.2) is 18.2 Å². The van der Waals surface area contributed by atoms with Crippen LogP contribution in [0.25, 0.3) is 0 Å². The monoisotopic (exact) mass is 247 g/mol. The zero-order valence-electron chi connectivity index (χ0n) is 11.8. The molecule has 1 aromatic heterocycles. The minimum atomic E-state index is 0.815. The second-order valence-corrected chi connectivity index (χ2v) is 5.59. The van der Waals surface area contributed by atoms with Gasteiger partial charge in [-0.15, -0.1) is 0 Å². The molecule has 0 spiro atoms. The molecule has 1 saturated heterocycles. The lowest BCUT2D eigenvalue weighted by atomic mass is 9.87. The van der Waals surface area contributed by atoms with Crippen LogP contribution in [0.3, 0.4) is 0 Å². The zero-order valence-corrected chi connectivity index (χ0v) is 11.8. The Hall–Kier alpha value is -1.09. The van der Waals surface area contributed by atoms with Crippen LogP contribution < -0.4 is 10.2 Å². The van der Waals surface area contributed by atoms with Crippen LogP contribution in [-0.2, 0) is 6.54 Å². The van der Waals surface area contributed by atoms with E-state index in [1.165, 1.54) is 12.8 Å². The summed E-state index contributed by atoms with van der Waals surface area (Å²) in [7, 11) is 1.96. The highest BCUT2D eigenvalue weighted by Crippen LogP contribution is 2.26. The summed E-state index contributed by atoms with van der Waals surface area (Å²) >= 11 is 0. The van der Waals surface area contributed by atoms with Gasteiger partial charge in [-0.05, 0) is 43.9 Å². The van der Waals surface area contributed by atoms with Gasteiger partial charge in [-0.1, -0.05) is 19.9 Å². The molecule has 0 radical (unpaired) electrons. The third kappa shape index (κ3) is 3.22. The van der Waals surface area contributed by atoms with Crippen LogP contribution in [0, 0.1) is 11.8 Å². The summed E-state index contributed by atoms with van der Waals surface area (Å²) in [5, 5.41) is 3.16. The maximum absolute atomic E-state index is 4.72. The highest BCUT2D eigenvalue weighted by atomic mass is 15.2. The molecule has 3 nitrogen and oxygen atoms in total. The Kier molecular flexibility index (Phi) is 4.59. The molecule has 1 aliphatic heterocycles. The molecule has 0 aliphatic carbocycles. The second kappa shape index (κ2) is 6.19. The molecule has 0 aromatic carbocycles. The Morgan fingerprint density at radius 1 is 1.33 bits per heavy atom. The van der Waals surface area contributed by atoms with Gasteiger partial charge < -0.3 is 10.2 Å². The first-order chi connectivity index (χ1) is 8.70. The molecule has 0 bridgehead atoms. The number of piperidine rings is 1. The van der Waals surface area contributed by atoms with Gasteiger partial charge in [-0.2, -0.15) is 0 Å². The van der Waals surface area contributed by atoms with Crippen LogP contribution in [0.5, 0.6) is 0 Å². The molecule has 1 fully saturated rings. The summed E-state index contributed by atoms with van der Waals surface area (Å²) in [6.45, 7) is 7.83. The normalized spacial score (nSPS) is 17.4. The van der Waals surface area contributed by atoms with Crippen LogP contribution >= 0.6 is 0 Å². The van der Waals surface area contributed by atoms with Crippen molar-refractivity contribution in [3.8, 4) is 0 Å². The first-order valence-electron chi connectivity index (χ1n) is 7.06. The molecule has 3 heteroatoms. The molecule has 0 atom stereocenters. The van der Waals surface area contributed by atoms with Gasteiger partial charge in [0.05, 0.1) is 5.69 Å². The number of nitrogens with one attached hydrogen (secondary N) is 1. The maximum atomic E-state index is 4.72. The van der Waals surface area contributed by atoms with Gasteiger partial charge in [-0.3, -0.25) is 0 Å². The fourth-order valence-electron chi connectivity index (χ4n) is 2.72. The molecule has 1 aliphatic rings. The standard InChI is InChI=1S/C15H25N3/c1-12(2)13-7-9-18(10-8-13)15-6-4-5-14(17-15)11-16-3/h4-6,12-13,16H,7-11H2,1-3H3. The summed E-state index contributed by atoms with van der Waals surface area (Å²) in [4.78, 5) is 7.15. The number of pyridine rings is 1. The number of aromatic nitrogens is 1. The van der Waals surface area contributed by atoms with E-state index < -0.39 is 0 Å². The number of anilines is 1. The largest absolute Gasteiger partial charge is 0.357 e. The average Bonchev–Trinajstić information content (AvgIpc) is 2.39. The predicted molar refractivity (Wildman–Crippen MR) is 76.8 cm³/mol. The molecule has 0 amide bonds. The smallest absolute Gasteiger partial charge is 0.128 e. The predicted octanol–water partition coefficient (Wildman–Crippen LogP) is 2.67. The Bertz CT molecular complexity index is 368. The number of rotatable bonds is 4. The molecule has 2 heterocycles. The topological polar surface area (TPSA) is 28.2 Å². The molecule has 1 N–H and O–H groups in total. The van der Waals surface area contributed by atoms with Gasteiger partial charge in [0, 0.05) is 19.6 Å². The Labute approximate surface area is 111 Å². The molecule has 1 aromatic rings. The number of nitrogens with zero attached hydrogens (tertiary/aromatic N) is 2. The van der Waals surface area contributed by atoms with E-state index in [1.54, 1.807) is 0 Å². The van der Waals surface area contributed by atoms with Crippen molar-refractivity contribution in [1.82, 2.24) is 10.3 Å². The van der Waals surface area contributed by atoms with Crippen LogP contribution in [0.4, 0.5) is 5.82 Å². The molecule has 0 saturated carbocycles. The maximum Gasteiger partial charge on any atom is 0.128 e. The molecule has 100 valence electrons. The van der Waals surface area contributed by atoms with Crippen molar-refractivity contribution >= 4 is 5.82 Å². The van der Waals surface area contributed by atoms with E-state index in [2.05, 4.69) is 42.3 Å². The number of hydrogen-bond acceptors (Lipinski definition) is 3. The molecule has 18 heavy (non-hydrogen) atoms. The summed E-state index contributed by atoms with van der Waals surface area (Å²) in [6, 6.07) is 6.33. The van der Waals surface area contributed by atoms with Gasteiger partial charge >= 0.3 is 0 Å². The van der Waals surface area contributed by atoms with E-state index in [9.17, 15) is 0 Å². The van der Waals surface area contributed by atoms with E-state index in [4.69, 9.17) is 4.98 Å². The first-order valence-corrected chi connectivity index (χ1v) is 7.06. The molecular formula is C15H25N3. The lowest BCUT2D eigenvalue weighted by Gasteiger charge is -2.34.